The van der Waals surface area contributed by atoms with Crippen LogP contribution in [0, 0.1) is 5.92 Å². The van der Waals surface area contributed by atoms with E-state index in [-0.39, 0.29) is 16.8 Å². The molecule has 1 aromatic carbocycles. The van der Waals surface area contributed by atoms with Gasteiger partial charge in [-0.05, 0) is 47.9 Å². The van der Waals surface area contributed by atoms with Gasteiger partial charge in [0.25, 0.3) is 0 Å². The zero-order valence-electron chi connectivity index (χ0n) is 11.3. The number of hydrogen-bond acceptors (Lipinski definition) is 4. The van der Waals surface area contributed by atoms with Crippen LogP contribution in [0.2, 0.25) is 5.28 Å². The molecule has 0 aliphatic heterocycles. The normalized spacial score (nSPS) is 10.6. The molecular weight excluding hydrogens is 276 g/mol. The van der Waals surface area contributed by atoms with E-state index in [4.69, 9.17) is 16.3 Å². The molecule has 0 bridgehead atoms. The van der Waals surface area contributed by atoms with E-state index in [9.17, 15) is 4.79 Å². The van der Waals surface area contributed by atoms with Gasteiger partial charge in [-0.25, -0.2) is 9.97 Å². The molecule has 0 aliphatic carbocycles. The molecule has 1 aromatic heterocycles. The molecule has 104 valence electrons. The maximum absolute atomic E-state index is 12.2. The Labute approximate surface area is 122 Å². The number of carbonyl (C=O) groups is 1. The lowest BCUT2D eigenvalue weighted by Crippen LogP contribution is -2.06. The van der Waals surface area contributed by atoms with Crippen LogP contribution in [0.25, 0.3) is 0 Å². The van der Waals surface area contributed by atoms with E-state index in [1.165, 1.54) is 12.3 Å². The summed E-state index contributed by atoms with van der Waals surface area (Å²) in [5, 5.41) is 0.0627. The maximum atomic E-state index is 12.2. The van der Waals surface area contributed by atoms with Crippen LogP contribution >= 0.6 is 11.6 Å². The third-order valence-corrected chi connectivity index (χ3v) is 2.74. The Morgan fingerprint density at radius 2 is 1.95 bits per heavy atom. The van der Waals surface area contributed by atoms with Crippen molar-refractivity contribution in [3.63, 3.8) is 0 Å². The lowest BCUT2D eigenvalue weighted by Gasteiger charge is -2.08. The highest BCUT2D eigenvalue weighted by atomic mass is 35.5. The second kappa shape index (κ2) is 6.48. The molecule has 20 heavy (non-hydrogen) atoms. The van der Waals surface area contributed by atoms with Crippen molar-refractivity contribution in [2.45, 2.75) is 13.8 Å². The van der Waals surface area contributed by atoms with Gasteiger partial charge >= 0.3 is 0 Å². The van der Waals surface area contributed by atoms with Crippen LogP contribution in [0.1, 0.15) is 29.9 Å². The number of rotatable bonds is 5. The van der Waals surface area contributed by atoms with Crippen LogP contribution in [-0.2, 0) is 0 Å². The van der Waals surface area contributed by atoms with Crippen molar-refractivity contribution >= 4 is 17.4 Å². The topological polar surface area (TPSA) is 52.1 Å². The molecule has 4 nitrogen and oxygen atoms in total. The number of aromatic nitrogens is 2. The number of ether oxygens (including phenoxy) is 1. The fraction of sp³-hybridized carbons (Fsp3) is 0.267. The minimum atomic E-state index is -0.190. The van der Waals surface area contributed by atoms with Gasteiger partial charge in [-0.1, -0.05) is 13.8 Å². The standard InChI is InChI=1S/C15H15ClN2O2/c1-10(2)9-20-12-5-3-11(4-6-12)14(19)13-7-8-17-15(16)18-13/h3-8,10H,9H2,1-2H3. The number of ketones is 1. The van der Waals surface area contributed by atoms with Crippen molar-refractivity contribution in [3.8, 4) is 5.75 Å². The Morgan fingerprint density at radius 3 is 2.55 bits per heavy atom. The molecule has 0 saturated carbocycles. The Bertz CT molecular complexity index is 597. The third-order valence-electron chi connectivity index (χ3n) is 2.56. The highest BCUT2D eigenvalue weighted by molar-refractivity contribution is 6.28. The fourth-order valence-electron chi connectivity index (χ4n) is 1.57. The molecule has 0 aliphatic rings. The van der Waals surface area contributed by atoms with Gasteiger partial charge in [-0.3, -0.25) is 4.79 Å². The first kappa shape index (κ1) is 14.5. The summed E-state index contributed by atoms with van der Waals surface area (Å²) in [5.74, 6) is 1.01. The van der Waals surface area contributed by atoms with E-state index in [0.29, 0.717) is 18.1 Å². The molecule has 0 saturated heterocycles. The molecule has 0 spiro atoms. The number of halogens is 1. The van der Waals surface area contributed by atoms with Gasteiger partial charge < -0.3 is 4.74 Å². The second-order valence-electron chi connectivity index (χ2n) is 4.77. The molecule has 0 fully saturated rings. The van der Waals surface area contributed by atoms with E-state index < -0.39 is 0 Å². The third kappa shape index (κ3) is 3.78. The monoisotopic (exact) mass is 290 g/mol. The van der Waals surface area contributed by atoms with Gasteiger partial charge in [0.05, 0.1) is 6.61 Å². The molecule has 1 heterocycles. The van der Waals surface area contributed by atoms with Crippen molar-refractivity contribution in [3.05, 3.63) is 53.1 Å². The van der Waals surface area contributed by atoms with Gasteiger partial charge in [0, 0.05) is 11.8 Å². The number of hydrogen-bond donors (Lipinski definition) is 0. The summed E-state index contributed by atoms with van der Waals surface area (Å²) in [6.07, 6.45) is 1.46. The first-order chi connectivity index (χ1) is 9.56. The first-order valence-corrected chi connectivity index (χ1v) is 6.70. The maximum Gasteiger partial charge on any atom is 0.222 e. The van der Waals surface area contributed by atoms with Gasteiger partial charge in [-0.15, -0.1) is 0 Å². The average molecular weight is 291 g/mol. The summed E-state index contributed by atoms with van der Waals surface area (Å²) in [4.78, 5) is 19.8. The zero-order chi connectivity index (χ0) is 14.5. The second-order valence-corrected chi connectivity index (χ2v) is 5.11. The summed E-state index contributed by atoms with van der Waals surface area (Å²) in [6, 6.07) is 8.52. The first-order valence-electron chi connectivity index (χ1n) is 6.32. The van der Waals surface area contributed by atoms with Crippen molar-refractivity contribution in [2.24, 2.45) is 5.92 Å². The fourth-order valence-corrected chi connectivity index (χ4v) is 1.72. The Hall–Kier alpha value is -1.94. The van der Waals surface area contributed by atoms with Crippen molar-refractivity contribution < 1.29 is 9.53 Å². The predicted octanol–water partition coefficient (Wildman–Crippen LogP) is 3.40. The molecule has 2 rings (SSSR count). The summed E-state index contributed by atoms with van der Waals surface area (Å²) in [7, 11) is 0. The van der Waals surface area contributed by atoms with Crippen LogP contribution in [0.15, 0.2) is 36.5 Å². The van der Waals surface area contributed by atoms with Gasteiger partial charge in [0.2, 0.25) is 11.1 Å². The van der Waals surface area contributed by atoms with Crippen molar-refractivity contribution in [1.29, 1.82) is 0 Å². The number of benzene rings is 1. The zero-order valence-corrected chi connectivity index (χ0v) is 12.1. The molecule has 0 atom stereocenters. The Balaban J connectivity index is 2.11. The van der Waals surface area contributed by atoms with E-state index in [2.05, 4.69) is 23.8 Å². The van der Waals surface area contributed by atoms with Gasteiger partial charge in [-0.2, -0.15) is 0 Å². The van der Waals surface area contributed by atoms with Crippen molar-refractivity contribution in [1.82, 2.24) is 9.97 Å². The highest BCUT2D eigenvalue weighted by Gasteiger charge is 2.11. The number of carbonyl (C=O) groups excluding carboxylic acids is 1. The van der Waals surface area contributed by atoms with Gasteiger partial charge in [0.15, 0.2) is 0 Å². The highest BCUT2D eigenvalue weighted by Crippen LogP contribution is 2.16. The molecule has 0 N–H and O–H groups in total. The smallest absolute Gasteiger partial charge is 0.222 e. The minimum absolute atomic E-state index is 0.0627. The van der Waals surface area contributed by atoms with Crippen LogP contribution in [0.5, 0.6) is 5.75 Å². The van der Waals surface area contributed by atoms with E-state index >= 15 is 0 Å². The molecular formula is C15H15ClN2O2. The van der Waals surface area contributed by atoms with E-state index in [1.54, 1.807) is 24.3 Å². The largest absolute Gasteiger partial charge is 0.493 e. The average Bonchev–Trinajstić information content (AvgIpc) is 2.45. The summed E-state index contributed by atoms with van der Waals surface area (Å²) < 4.78 is 5.57. The summed E-state index contributed by atoms with van der Waals surface area (Å²) in [6.45, 7) is 4.81. The lowest BCUT2D eigenvalue weighted by atomic mass is 10.1. The number of nitrogens with zero attached hydrogens (tertiary/aromatic N) is 2. The quantitative estimate of drug-likeness (QED) is 0.625. The van der Waals surface area contributed by atoms with Crippen LogP contribution in [0.3, 0.4) is 0 Å². The molecule has 0 radical (unpaired) electrons. The summed E-state index contributed by atoms with van der Waals surface area (Å²) >= 11 is 5.68. The van der Waals surface area contributed by atoms with Crippen molar-refractivity contribution in [2.75, 3.05) is 6.61 Å². The summed E-state index contributed by atoms with van der Waals surface area (Å²) in [5.41, 5.74) is 0.817. The van der Waals surface area contributed by atoms with Crippen LogP contribution in [-0.4, -0.2) is 22.4 Å². The van der Waals surface area contributed by atoms with Crippen LogP contribution < -0.4 is 4.74 Å². The molecule has 2 aromatic rings. The molecule has 0 unspecified atom stereocenters. The van der Waals surface area contributed by atoms with Crippen LogP contribution in [0.4, 0.5) is 0 Å². The lowest BCUT2D eigenvalue weighted by molar-refractivity contribution is 0.103. The minimum Gasteiger partial charge on any atom is -0.493 e. The predicted molar refractivity (Wildman–Crippen MR) is 77.2 cm³/mol. The SMILES string of the molecule is CC(C)COc1ccc(C(=O)c2ccnc(Cl)n2)cc1. The van der Waals surface area contributed by atoms with Gasteiger partial charge in [0.1, 0.15) is 11.4 Å². The van der Waals surface area contributed by atoms with E-state index in [1.807, 2.05) is 0 Å². The molecule has 5 heteroatoms. The Morgan fingerprint density at radius 1 is 1.25 bits per heavy atom. The molecule has 0 amide bonds. The Kier molecular flexibility index (Phi) is 4.69. The van der Waals surface area contributed by atoms with E-state index in [0.717, 1.165) is 5.75 Å².